The average molecular weight is 267 g/mol. The molecule has 19 heavy (non-hydrogen) atoms. The molecule has 0 aromatic carbocycles. The Morgan fingerprint density at radius 3 is 2.47 bits per heavy atom. The third-order valence-corrected chi connectivity index (χ3v) is 2.58. The van der Waals surface area contributed by atoms with Gasteiger partial charge >= 0.3 is 0 Å². The highest BCUT2D eigenvalue weighted by molar-refractivity contribution is 5.26. The summed E-state index contributed by atoms with van der Waals surface area (Å²) in [6.45, 7) is 10.1. The fourth-order valence-corrected chi connectivity index (χ4v) is 1.57. The van der Waals surface area contributed by atoms with E-state index >= 15 is 0 Å². The highest BCUT2D eigenvalue weighted by Gasteiger charge is 2.07. The van der Waals surface area contributed by atoms with Crippen LogP contribution in [-0.2, 0) is 11.3 Å². The second kappa shape index (κ2) is 8.12. The molecule has 1 N–H and O–H groups in total. The van der Waals surface area contributed by atoms with Gasteiger partial charge in [0.25, 0.3) is 0 Å². The molecule has 0 aliphatic rings. The lowest BCUT2D eigenvalue weighted by molar-refractivity contribution is 0.0805. The van der Waals surface area contributed by atoms with Crippen LogP contribution in [0.25, 0.3) is 0 Å². The standard InChI is InChI=1S/C15H25NO3/c1-11(2)10-18-5-6-19-15-8-13(9-17)7-14(16-15)12(3)4/h7-8,11-12,17H,5-6,9-10H2,1-4H3. The van der Waals surface area contributed by atoms with Crippen molar-refractivity contribution in [2.75, 3.05) is 19.8 Å². The zero-order valence-electron chi connectivity index (χ0n) is 12.3. The molecule has 0 aliphatic carbocycles. The van der Waals surface area contributed by atoms with Gasteiger partial charge in [-0.25, -0.2) is 4.98 Å². The molecule has 1 rings (SSSR count). The van der Waals surface area contributed by atoms with Crippen molar-refractivity contribution in [2.45, 2.75) is 40.2 Å². The molecule has 108 valence electrons. The second-order valence-electron chi connectivity index (χ2n) is 5.37. The van der Waals surface area contributed by atoms with Crippen LogP contribution in [0, 0.1) is 5.92 Å². The summed E-state index contributed by atoms with van der Waals surface area (Å²) in [5.41, 5.74) is 1.77. The lowest BCUT2D eigenvalue weighted by Crippen LogP contribution is -2.11. The monoisotopic (exact) mass is 267 g/mol. The highest BCUT2D eigenvalue weighted by Crippen LogP contribution is 2.19. The Bertz CT molecular complexity index is 378. The number of hydrogen-bond acceptors (Lipinski definition) is 4. The number of nitrogens with zero attached hydrogens (tertiary/aromatic N) is 1. The Morgan fingerprint density at radius 2 is 1.89 bits per heavy atom. The van der Waals surface area contributed by atoms with E-state index in [9.17, 15) is 5.11 Å². The molecule has 0 aliphatic heterocycles. The van der Waals surface area contributed by atoms with E-state index in [4.69, 9.17) is 9.47 Å². The minimum atomic E-state index is 0.00243. The number of ether oxygens (including phenoxy) is 2. The fraction of sp³-hybridized carbons (Fsp3) is 0.667. The van der Waals surface area contributed by atoms with Gasteiger partial charge in [-0.2, -0.15) is 0 Å². The van der Waals surface area contributed by atoms with Gasteiger partial charge in [-0.05, 0) is 23.5 Å². The van der Waals surface area contributed by atoms with Crippen LogP contribution in [0.3, 0.4) is 0 Å². The summed E-state index contributed by atoms with van der Waals surface area (Å²) in [7, 11) is 0. The van der Waals surface area contributed by atoms with E-state index in [1.165, 1.54) is 0 Å². The Morgan fingerprint density at radius 1 is 1.16 bits per heavy atom. The molecule has 4 heteroatoms. The lowest BCUT2D eigenvalue weighted by Gasteiger charge is -2.12. The van der Waals surface area contributed by atoms with Crippen LogP contribution < -0.4 is 4.74 Å². The van der Waals surface area contributed by atoms with Gasteiger partial charge in [-0.15, -0.1) is 0 Å². The minimum Gasteiger partial charge on any atom is -0.475 e. The molecule has 0 atom stereocenters. The highest BCUT2D eigenvalue weighted by atomic mass is 16.5. The van der Waals surface area contributed by atoms with E-state index in [0.29, 0.717) is 30.9 Å². The van der Waals surface area contributed by atoms with Crippen molar-refractivity contribution in [1.29, 1.82) is 0 Å². The van der Waals surface area contributed by atoms with Gasteiger partial charge in [0.2, 0.25) is 5.88 Å². The molecule has 0 spiro atoms. The Labute approximate surface area is 115 Å². The SMILES string of the molecule is CC(C)COCCOc1cc(CO)cc(C(C)C)n1. The molecule has 4 nitrogen and oxygen atoms in total. The van der Waals surface area contributed by atoms with Crippen molar-refractivity contribution in [1.82, 2.24) is 4.98 Å². The number of pyridine rings is 1. The summed E-state index contributed by atoms with van der Waals surface area (Å²) in [4.78, 5) is 4.42. The van der Waals surface area contributed by atoms with Crippen LogP contribution in [0.2, 0.25) is 0 Å². The van der Waals surface area contributed by atoms with Gasteiger partial charge in [0, 0.05) is 18.4 Å². The molecule has 0 amide bonds. The first-order valence-electron chi connectivity index (χ1n) is 6.85. The summed E-state index contributed by atoms with van der Waals surface area (Å²) in [6.07, 6.45) is 0. The maximum absolute atomic E-state index is 9.23. The molecule has 1 heterocycles. The van der Waals surface area contributed by atoms with E-state index < -0.39 is 0 Å². The van der Waals surface area contributed by atoms with Crippen molar-refractivity contribution in [3.8, 4) is 5.88 Å². The van der Waals surface area contributed by atoms with Crippen molar-refractivity contribution >= 4 is 0 Å². The summed E-state index contributed by atoms with van der Waals surface area (Å²) in [6, 6.07) is 3.68. The summed E-state index contributed by atoms with van der Waals surface area (Å²) < 4.78 is 11.0. The molecule has 0 unspecified atom stereocenters. The van der Waals surface area contributed by atoms with E-state index in [0.717, 1.165) is 17.9 Å². The van der Waals surface area contributed by atoms with Crippen LogP contribution >= 0.6 is 0 Å². The lowest BCUT2D eigenvalue weighted by atomic mass is 10.1. The van der Waals surface area contributed by atoms with Gasteiger partial charge in [-0.3, -0.25) is 0 Å². The topological polar surface area (TPSA) is 51.6 Å². The average Bonchev–Trinajstić information content (AvgIpc) is 2.37. The third-order valence-electron chi connectivity index (χ3n) is 2.58. The summed E-state index contributed by atoms with van der Waals surface area (Å²) in [5, 5.41) is 9.23. The zero-order valence-corrected chi connectivity index (χ0v) is 12.3. The zero-order chi connectivity index (χ0) is 14.3. The predicted octanol–water partition coefficient (Wildman–Crippen LogP) is 2.75. The molecule has 0 fully saturated rings. The summed E-state index contributed by atoms with van der Waals surface area (Å²) >= 11 is 0. The number of aliphatic hydroxyl groups is 1. The molecule has 0 saturated heterocycles. The van der Waals surface area contributed by atoms with Crippen molar-refractivity contribution in [3.05, 3.63) is 23.4 Å². The molecular formula is C15H25NO3. The molecule has 0 radical (unpaired) electrons. The molecule has 0 bridgehead atoms. The van der Waals surface area contributed by atoms with Crippen LogP contribution in [0.5, 0.6) is 5.88 Å². The number of aromatic nitrogens is 1. The Balaban J connectivity index is 2.50. The summed E-state index contributed by atoms with van der Waals surface area (Å²) in [5.74, 6) is 1.40. The maximum Gasteiger partial charge on any atom is 0.213 e. The van der Waals surface area contributed by atoms with Crippen LogP contribution in [-0.4, -0.2) is 29.9 Å². The van der Waals surface area contributed by atoms with E-state index in [2.05, 4.69) is 32.7 Å². The molecule has 0 saturated carbocycles. The van der Waals surface area contributed by atoms with Crippen molar-refractivity contribution in [3.63, 3.8) is 0 Å². The van der Waals surface area contributed by atoms with Crippen molar-refractivity contribution in [2.24, 2.45) is 5.92 Å². The van der Waals surface area contributed by atoms with Crippen LogP contribution in [0.1, 0.15) is 44.9 Å². The second-order valence-corrected chi connectivity index (χ2v) is 5.37. The normalized spacial score (nSPS) is 11.3. The quantitative estimate of drug-likeness (QED) is 0.736. The van der Waals surface area contributed by atoms with Gasteiger partial charge < -0.3 is 14.6 Å². The third kappa shape index (κ3) is 6.03. The first kappa shape index (κ1) is 15.9. The number of rotatable bonds is 8. The molecule has 1 aromatic heterocycles. The number of aliphatic hydroxyl groups excluding tert-OH is 1. The van der Waals surface area contributed by atoms with Crippen LogP contribution in [0.15, 0.2) is 12.1 Å². The first-order chi connectivity index (χ1) is 9.02. The van der Waals surface area contributed by atoms with Gasteiger partial charge in [-0.1, -0.05) is 27.7 Å². The van der Waals surface area contributed by atoms with E-state index in [1.807, 2.05) is 6.07 Å². The maximum atomic E-state index is 9.23. The fourth-order valence-electron chi connectivity index (χ4n) is 1.57. The number of hydrogen-bond donors (Lipinski definition) is 1. The van der Waals surface area contributed by atoms with E-state index in [1.54, 1.807) is 6.07 Å². The van der Waals surface area contributed by atoms with Gasteiger partial charge in [0.05, 0.1) is 13.2 Å². The molecular weight excluding hydrogens is 242 g/mol. The predicted molar refractivity (Wildman–Crippen MR) is 75.4 cm³/mol. The Hall–Kier alpha value is -1.13. The molecule has 1 aromatic rings. The Kier molecular flexibility index (Phi) is 6.81. The van der Waals surface area contributed by atoms with Gasteiger partial charge in [0.15, 0.2) is 0 Å². The van der Waals surface area contributed by atoms with Crippen LogP contribution in [0.4, 0.5) is 0 Å². The van der Waals surface area contributed by atoms with E-state index in [-0.39, 0.29) is 6.61 Å². The van der Waals surface area contributed by atoms with Gasteiger partial charge in [0.1, 0.15) is 6.61 Å². The first-order valence-corrected chi connectivity index (χ1v) is 6.85. The van der Waals surface area contributed by atoms with Crippen molar-refractivity contribution < 1.29 is 14.6 Å². The smallest absolute Gasteiger partial charge is 0.213 e. The minimum absolute atomic E-state index is 0.00243. The largest absolute Gasteiger partial charge is 0.475 e.